The Labute approximate surface area is 195 Å². The van der Waals surface area contributed by atoms with Gasteiger partial charge in [-0.1, -0.05) is 60.1 Å². The molecule has 0 heterocycles. The molecule has 3 amide bonds. The lowest BCUT2D eigenvalue weighted by atomic mass is 10.0. The second-order valence-corrected chi connectivity index (χ2v) is 8.32. The van der Waals surface area contributed by atoms with Crippen molar-refractivity contribution < 1.29 is 29.1 Å². The number of carbonyl (C=O) groups is 5. The number of carboxylic acids is 1. The van der Waals surface area contributed by atoms with Crippen LogP contribution in [0.1, 0.15) is 39.2 Å². The zero-order chi connectivity index (χ0) is 24.3. The molecule has 32 heavy (non-hydrogen) atoms. The van der Waals surface area contributed by atoms with Gasteiger partial charge in [-0.2, -0.15) is 0 Å². The number of aliphatic carboxylic acids is 1. The van der Waals surface area contributed by atoms with Crippen molar-refractivity contribution in [3.05, 3.63) is 35.9 Å². The Bertz CT molecular complexity index is 815. The number of amides is 3. The molecule has 0 radical (unpaired) electrons. The van der Waals surface area contributed by atoms with Crippen LogP contribution in [-0.2, 0) is 30.4 Å². The molecule has 10 heteroatoms. The predicted molar refractivity (Wildman–Crippen MR) is 122 cm³/mol. The molecule has 0 saturated heterocycles. The van der Waals surface area contributed by atoms with Gasteiger partial charge < -0.3 is 21.1 Å². The first kappa shape index (κ1) is 27.3. The molecule has 9 nitrogen and oxygen atoms in total. The van der Waals surface area contributed by atoms with Crippen LogP contribution in [0.3, 0.4) is 0 Å². The Morgan fingerprint density at radius 1 is 0.938 bits per heavy atom. The van der Waals surface area contributed by atoms with Crippen molar-refractivity contribution in [1.82, 2.24) is 16.0 Å². The van der Waals surface area contributed by atoms with E-state index < -0.39 is 48.1 Å². The largest absolute Gasteiger partial charge is 0.481 e. The van der Waals surface area contributed by atoms with Crippen molar-refractivity contribution in [3.63, 3.8) is 0 Å². The van der Waals surface area contributed by atoms with E-state index in [4.69, 9.17) is 5.11 Å². The molecule has 0 aliphatic carbocycles. The van der Waals surface area contributed by atoms with E-state index in [1.807, 2.05) is 30.3 Å². The molecule has 176 valence electrons. The molecule has 0 spiro atoms. The number of aryl methyl sites for hydroxylation is 1. The third-order valence-corrected chi connectivity index (χ3v) is 5.27. The molecule has 1 unspecified atom stereocenters. The molecule has 0 saturated carbocycles. The van der Waals surface area contributed by atoms with Gasteiger partial charge in [0.25, 0.3) is 0 Å². The summed E-state index contributed by atoms with van der Waals surface area (Å²) in [6.45, 7) is 4.95. The van der Waals surface area contributed by atoms with E-state index in [9.17, 15) is 24.0 Å². The van der Waals surface area contributed by atoms with Gasteiger partial charge in [0, 0.05) is 6.42 Å². The summed E-state index contributed by atoms with van der Waals surface area (Å²) in [6, 6.07) is 6.39. The predicted octanol–water partition coefficient (Wildman–Crippen LogP) is 1.19. The number of carbonyl (C=O) groups excluding carboxylic acids is 4. The molecule has 1 rings (SSSR count). The van der Waals surface area contributed by atoms with Gasteiger partial charge in [0.2, 0.25) is 17.7 Å². The maximum Gasteiger partial charge on any atom is 0.305 e. The van der Waals surface area contributed by atoms with Gasteiger partial charge in [-0.3, -0.25) is 24.0 Å². The summed E-state index contributed by atoms with van der Waals surface area (Å²) >= 11 is 2.95. The summed E-state index contributed by atoms with van der Waals surface area (Å²) in [5.41, 5.74) is 1.01. The third kappa shape index (κ3) is 9.59. The fourth-order valence-corrected chi connectivity index (χ4v) is 3.25. The van der Waals surface area contributed by atoms with Crippen LogP contribution in [0.2, 0.25) is 0 Å². The number of hydrogen-bond donors (Lipinski definition) is 4. The number of ketones is 1. The summed E-state index contributed by atoms with van der Waals surface area (Å²) in [5, 5.41) is 16.4. The van der Waals surface area contributed by atoms with Gasteiger partial charge in [0.1, 0.15) is 12.1 Å². The molecule has 1 aromatic carbocycles. The van der Waals surface area contributed by atoms with Crippen LogP contribution in [0.4, 0.5) is 0 Å². The first-order chi connectivity index (χ1) is 15.0. The fourth-order valence-electron chi connectivity index (χ4n) is 2.86. The van der Waals surface area contributed by atoms with Crippen LogP contribution in [0.25, 0.3) is 0 Å². The highest BCUT2D eigenvalue weighted by Crippen LogP contribution is 2.06. The Kier molecular flexibility index (Phi) is 11.6. The maximum atomic E-state index is 12.7. The number of halogens is 1. The van der Waals surface area contributed by atoms with E-state index in [1.54, 1.807) is 13.8 Å². The first-order valence-electron chi connectivity index (χ1n) is 10.3. The Balaban J connectivity index is 2.67. The second kappa shape index (κ2) is 13.6. The van der Waals surface area contributed by atoms with Crippen molar-refractivity contribution in [2.75, 3.05) is 5.33 Å². The summed E-state index contributed by atoms with van der Waals surface area (Å²) in [4.78, 5) is 60.2. The molecule has 1 aromatic rings. The SMILES string of the molecule is CC(C)[C@H](NC(=O)CCc1ccccc1)C(=O)N[C@@H](C)C(=O)NC(CC(=O)O)C(=O)CBr. The van der Waals surface area contributed by atoms with Crippen LogP contribution in [0, 0.1) is 5.92 Å². The number of nitrogens with one attached hydrogen (secondary N) is 3. The summed E-state index contributed by atoms with van der Waals surface area (Å²) in [5.74, 6) is -3.50. The minimum Gasteiger partial charge on any atom is -0.481 e. The Hall–Kier alpha value is -2.75. The highest BCUT2D eigenvalue weighted by Gasteiger charge is 2.29. The maximum absolute atomic E-state index is 12.7. The van der Waals surface area contributed by atoms with Gasteiger partial charge in [0.05, 0.1) is 17.8 Å². The quantitative estimate of drug-likeness (QED) is 0.293. The van der Waals surface area contributed by atoms with Crippen molar-refractivity contribution in [2.24, 2.45) is 5.92 Å². The summed E-state index contributed by atoms with van der Waals surface area (Å²) in [7, 11) is 0. The lowest BCUT2D eigenvalue weighted by Gasteiger charge is -2.24. The van der Waals surface area contributed by atoms with Crippen LogP contribution >= 0.6 is 15.9 Å². The zero-order valence-corrected chi connectivity index (χ0v) is 20.0. The molecule has 3 atom stereocenters. The topological polar surface area (TPSA) is 142 Å². The van der Waals surface area contributed by atoms with Gasteiger partial charge >= 0.3 is 5.97 Å². The Morgan fingerprint density at radius 3 is 2.09 bits per heavy atom. The minimum atomic E-state index is -1.24. The van der Waals surface area contributed by atoms with E-state index in [-0.39, 0.29) is 23.6 Å². The highest BCUT2D eigenvalue weighted by atomic mass is 79.9. The lowest BCUT2D eigenvalue weighted by Crippen LogP contribution is -2.56. The third-order valence-electron chi connectivity index (χ3n) is 4.72. The average molecular weight is 512 g/mol. The molecular formula is C22H30BrN3O6. The van der Waals surface area contributed by atoms with Crippen molar-refractivity contribution in [3.8, 4) is 0 Å². The number of hydrogen-bond acceptors (Lipinski definition) is 5. The molecule has 0 fully saturated rings. The number of alkyl halides is 1. The van der Waals surface area contributed by atoms with Crippen molar-refractivity contribution in [2.45, 2.75) is 58.2 Å². The highest BCUT2D eigenvalue weighted by molar-refractivity contribution is 9.09. The van der Waals surface area contributed by atoms with E-state index >= 15 is 0 Å². The van der Waals surface area contributed by atoms with Gasteiger partial charge in [-0.25, -0.2) is 0 Å². The van der Waals surface area contributed by atoms with Crippen molar-refractivity contribution >= 4 is 45.4 Å². The monoisotopic (exact) mass is 511 g/mol. The van der Waals surface area contributed by atoms with Gasteiger partial charge in [-0.15, -0.1) is 0 Å². The molecular weight excluding hydrogens is 482 g/mol. The normalized spacial score (nSPS) is 13.5. The van der Waals surface area contributed by atoms with Gasteiger partial charge in [-0.05, 0) is 24.8 Å². The molecule has 0 aromatic heterocycles. The van der Waals surface area contributed by atoms with E-state index in [0.29, 0.717) is 6.42 Å². The van der Waals surface area contributed by atoms with Crippen LogP contribution in [0.15, 0.2) is 30.3 Å². The summed E-state index contributed by atoms with van der Waals surface area (Å²) < 4.78 is 0. The number of Topliss-reactive ketones (excluding diaryl/α,β-unsaturated/α-hetero) is 1. The van der Waals surface area contributed by atoms with Crippen molar-refractivity contribution in [1.29, 1.82) is 0 Å². The average Bonchev–Trinajstić information content (AvgIpc) is 2.74. The zero-order valence-electron chi connectivity index (χ0n) is 18.4. The first-order valence-corrected chi connectivity index (χ1v) is 11.4. The van der Waals surface area contributed by atoms with Crippen LogP contribution in [-0.4, -0.2) is 58.0 Å². The lowest BCUT2D eigenvalue weighted by molar-refractivity contribution is -0.140. The van der Waals surface area contributed by atoms with E-state index in [2.05, 4.69) is 31.9 Å². The van der Waals surface area contributed by atoms with E-state index in [0.717, 1.165) is 5.56 Å². The number of rotatable bonds is 13. The minimum absolute atomic E-state index is 0.115. The number of benzene rings is 1. The fraction of sp³-hybridized carbons (Fsp3) is 0.500. The second-order valence-electron chi connectivity index (χ2n) is 7.76. The number of carboxylic acid groups (broad SMARTS) is 1. The molecule has 0 aliphatic heterocycles. The Morgan fingerprint density at radius 2 is 1.56 bits per heavy atom. The molecule has 4 N–H and O–H groups in total. The van der Waals surface area contributed by atoms with Crippen LogP contribution < -0.4 is 16.0 Å². The summed E-state index contributed by atoms with van der Waals surface area (Å²) in [6.07, 6.45) is 0.176. The van der Waals surface area contributed by atoms with Crippen LogP contribution in [0.5, 0.6) is 0 Å². The van der Waals surface area contributed by atoms with Gasteiger partial charge in [0.15, 0.2) is 5.78 Å². The van der Waals surface area contributed by atoms with E-state index in [1.165, 1.54) is 6.92 Å². The smallest absolute Gasteiger partial charge is 0.305 e. The standard InChI is InChI=1S/C22H30BrN3O6/c1-13(2)20(26-18(28)10-9-15-7-5-4-6-8-15)22(32)24-14(3)21(31)25-16(11-19(29)30)17(27)12-23/h4-8,13-14,16,20H,9-12H2,1-3H3,(H,24,32)(H,25,31)(H,26,28)(H,29,30)/t14-,16?,20-/m0/s1. The molecule has 0 bridgehead atoms. The molecule has 0 aliphatic rings.